The second-order valence-corrected chi connectivity index (χ2v) is 9.07. The van der Waals surface area contributed by atoms with Crippen molar-refractivity contribution in [1.82, 2.24) is 9.21 Å². The van der Waals surface area contributed by atoms with Crippen LogP contribution in [0, 0.1) is 19.8 Å². The van der Waals surface area contributed by atoms with Crippen LogP contribution in [0.15, 0.2) is 23.1 Å². The first-order chi connectivity index (χ1) is 11.7. The number of rotatable bonds is 5. The molecule has 0 radical (unpaired) electrons. The van der Waals surface area contributed by atoms with E-state index in [0.29, 0.717) is 30.8 Å². The number of aryl methyl sites for hydroxylation is 2. The minimum atomic E-state index is -3.48. The summed E-state index contributed by atoms with van der Waals surface area (Å²) in [5.74, 6) is 0.0581. The normalized spacial score (nSPS) is 18.1. The summed E-state index contributed by atoms with van der Waals surface area (Å²) in [6.07, 6.45) is 2.09. The SMILES string of the molecule is CCC(C)N(C)C(=O)C1CCN(S(=O)(=O)c2ccc(C)c(C)c2)CC1. The molecule has 5 nitrogen and oxygen atoms in total. The number of piperidine rings is 1. The van der Waals surface area contributed by atoms with Gasteiger partial charge in [0.05, 0.1) is 4.90 Å². The fourth-order valence-electron chi connectivity index (χ4n) is 3.15. The number of carbonyl (C=O) groups is 1. The van der Waals surface area contributed by atoms with Gasteiger partial charge in [-0.25, -0.2) is 8.42 Å². The highest BCUT2D eigenvalue weighted by Crippen LogP contribution is 2.26. The van der Waals surface area contributed by atoms with Gasteiger partial charge in [0.1, 0.15) is 0 Å². The van der Waals surface area contributed by atoms with Crippen LogP contribution in [-0.4, -0.2) is 49.7 Å². The summed E-state index contributed by atoms with van der Waals surface area (Å²) in [6.45, 7) is 8.80. The Balaban J connectivity index is 2.06. The first kappa shape index (κ1) is 19.9. The van der Waals surface area contributed by atoms with Crippen LogP contribution in [0.2, 0.25) is 0 Å². The maximum Gasteiger partial charge on any atom is 0.243 e. The van der Waals surface area contributed by atoms with Gasteiger partial charge in [0, 0.05) is 32.1 Å². The van der Waals surface area contributed by atoms with E-state index in [1.165, 1.54) is 4.31 Å². The van der Waals surface area contributed by atoms with Crippen LogP contribution in [0.5, 0.6) is 0 Å². The van der Waals surface area contributed by atoms with Gasteiger partial charge in [-0.1, -0.05) is 13.0 Å². The van der Waals surface area contributed by atoms with Gasteiger partial charge >= 0.3 is 0 Å². The summed E-state index contributed by atoms with van der Waals surface area (Å²) >= 11 is 0. The van der Waals surface area contributed by atoms with Gasteiger partial charge in [0.25, 0.3) is 0 Å². The average molecular weight is 367 g/mol. The smallest absolute Gasteiger partial charge is 0.243 e. The molecule has 1 amide bonds. The van der Waals surface area contributed by atoms with E-state index in [1.807, 2.05) is 33.9 Å². The third-order valence-electron chi connectivity index (χ3n) is 5.52. The van der Waals surface area contributed by atoms with Crippen molar-refractivity contribution in [3.05, 3.63) is 29.3 Å². The molecule has 1 aromatic rings. The van der Waals surface area contributed by atoms with Crippen molar-refractivity contribution in [2.75, 3.05) is 20.1 Å². The molecule has 0 spiro atoms. The van der Waals surface area contributed by atoms with E-state index < -0.39 is 10.0 Å². The van der Waals surface area contributed by atoms with Crippen LogP contribution in [0.1, 0.15) is 44.2 Å². The Kier molecular flexibility index (Phi) is 6.27. The molecule has 1 aliphatic rings. The van der Waals surface area contributed by atoms with Crippen LogP contribution < -0.4 is 0 Å². The molecule has 140 valence electrons. The van der Waals surface area contributed by atoms with Gasteiger partial charge in [-0.15, -0.1) is 0 Å². The lowest BCUT2D eigenvalue weighted by molar-refractivity contribution is -0.137. The number of amides is 1. The van der Waals surface area contributed by atoms with E-state index in [-0.39, 0.29) is 17.9 Å². The van der Waals surface area contributed by atoms with Crippen molar-refractivity contribution in [2.45, 2.75) is 57.9 Å². The first-order valence-corrected chi connectivity index (χ1v) is 10.5. The highest BCUT2D eigenvalue weighted by Gasteiger charge is 2.33. The molecule has 0 bridgehead atoms. The molecular weight excluding hydrogens is 336 g/mol. The number of hydrogen-bond donors (Lipinski definition) is 0. The average Bonchev–Trinajstić information content (AvgIpc) is 2.62. The monoisotopic (exact) mass is 366 g/mol. The zero-order valence-electron chi connectivity index (χ0n) is 15.9. The number of benzene rings is 1. The van der Waals surface area contributed by atoms with Gasteiger partial charge in [0.2, 0.25) is 15.9 Å². The quantitative estimate of drug-likeness (QED) is 0.805. The molecule has 25 heavy (non-hydrogen) atoms. The van der Waals surface area contributed by atoms with Gasteiger partial charge < -0.3 is 4.90 Å². The van der Waals surface area contributed by atoms with Crippen molar-refractivity contribution < 1.29 is 13.2 Å². The van der Waals surface area contributed by atoms with Crippen molar-refractivity contribution in [3.8, 4) is 0 Å². The lowest BCUT2D eigenvalue weighted by atomic mass is 9.96. The maximum atomic E-state index is 12.8. The minimum Gasteiger partial charge on any atom is -0.343 e. The molecule has 1 saturated heterocycles. The van der Waals surface area contributed by atoms with Crippen LogP contribution in [0.4, 0.5) is 0 Å². The van der Waals surface area contributed by atoms with Crippen LogP contribution in [-0.2, 0) is 14.8 Å². The van der Waals surface area contributed by atoms with Crippen molar-refractivity contribution in [2.24, 2.45) is 5.92 Å². The molecule has 1 unspecified atom stereocenters. The number of sulfonamides is 1. The van der Waals surface area contributed by atoms with Gasteiger partial charge in [0.15, 0.2) is 0 Å². The highest BCUT2D eigenvalue weighted by molar-refractivity contribution is 7.89. The molecule has 1 aliphatic heterocycles. The topological polar surface area (TPSA) is 57.7 Å². The van der Waals surface area contributed by atoms with Crippen LogP contribution in [0.25, 0.3) is 0 Å². The minimum absolute atomic E-state index is 0.0785. The Hall–Kier alpha value is -1.40. The molecule has 1 heterocycles. The molecular formula is C19H30N2O3S. The Morgan fingerprint density at radius 1 is 1.24 bits per heavy atom. The number of hydrogen-bond acceptors (Lipinski definition) is 3. The second-order valence-electron chi connectivity index (χ2n) is 7.13. The van der Waals surface area contributed by atoms with E-state index in [2.05, 4.69) is 6.92 Å². The lowest BCUT2D eigenvalue weighted by Crippen LogP contribution is -2.45. The fourth-order valence-corrected chi connectivity index (χ4v) is 4.70. The largest absolute Gasteiger partial charge is 0.343 e. The summed E-state index contributed by atoms with van der Waals surface area (Å²) < 4.78 is 27.2. The Morgan fingerprint density at radius 3 is 2.36 bits per heavy atom. The summed E-state index contributed by atoms with van der Waals surface area (Å²) in [5, 5.41) is 0. The lowest BCUT2D eigenvalue weighted by Gasteiger charge is -2.34. The van der Waals surface area contributed by atoms with E-state index >= 15 is 0 Å². The number of nitrogens with zero attached hydrogens (tertiary/aromatic N) is 2. The van der Waals surface area contributed by atoms with E-state index in [1.54, 1.807) is 17.0 Å². The zero-order chi connectivity index (χ0) is 18.8. The maximum absolute atomic E-state index is 12.8. The molecule has 0 aliphatic carbocycles. The second kappa shape index (κ2) is 7.87. The van der Waals surface area contributed by atoms with Crippen molar-refractivity contribution in [1.29, 1.82) is 0 Å². The highest BCUT2D eigenvalue weighted by atomic mass is 32.2. The summed E-state index contributed by atoms with van der Waals surface area (Å²) in [5.41, 5.74) is 2.05. The summed E-state index contributed by atoms with van der Waals surface area (Å²) in [6, 6.07) is 5.47. The van der Waals surface area contributed by atoms with E-state index in [9.17, 15) is 13.2 Å². The standard InChI is InChI=1S/C19H30N2O3S/c1-6-16(4)20(5)19(22)17-9-11-21(12-10-17)25(23,24)18-8-7-14(2)15(3)13-18/h7-8,13,16-17H,6,9-12H2,1-5H3. The molecule has 1 atom stereocenters. The van der Waals surface area contributed by atoms with Gasteiger partial charge in [-0.05, 0) is 63.3 Å². The fraction of sp³-hybridized carbons (Fsp3) is 0.632. The Bertz CT molecular complexity index is 722. The third-order valence-corrected chi connectivity index (χ3v) is 7.41. The van der Waals surface area contributed by atoms with E-state index in [4.69, 9.17) is 0 Å². The summed E-state index contributed by atoms with van der Waals surface area (Å²) in [4.78, 5) is 14.7. The van der Waals surface area contributed by atoms with Crippen LogP contribution in [0.3, 0.4) is 0 Å². The number of carbonyl (C=O) groups excluding carboxylic acids is 1. The zero-order valence-corrected chi connectivity index (χ0v) is 16.8. The molecule has 0 saturated carbocycles. The first-order valence-electron chi connectivity index (χ1n) is 9.02. The molecule has 2 rings (SSSR count). The van der Waals surface area contributed by atoms with Gasteiger partial charge in [-0.2, -0.15) is 4.31 Å². The van der Waals surface area contributed by atoms with Crippen molar-refractivity contribution >= 4 is 15.9 Å². The van der Waals surface area contributed by atoms with Gasteiger partial charge in [-0.3, -0.25) is 4.79 Å². The third kappa shape index (κ3) is 4.23. The van der Waals surface area contributed by atoms with Crippen LogP contribution >= 0.6 is 0 Å². The van der Waals surface area contributed by atoms with E-state index in [0.717, 1.165) is 17.5 Å². The predicted octanol–water partition coefficient (Wildman–Crippen LogP) is 2.96. The molecule has 1 aromatic carbocycles. The molecule has 0 aromatic heterocycles. The van der Waals surface area contributed by atoms with Crippen molar-refractivity contribution in [3.63, 3.8) is 0 Å². The molecule has 6 heteroatoms. The predicted molar refractivity (Wildman–Crippen MR) is 99.9 cm³/mol. The molecule has 0 N–H and O–H groups in total. The Labute approximate surface area is 152 Å². The summed E-state index contributed by atoms with van der Waals surface area (Å²) in [7, 11) is -1.64. The Morgan fingerprint density at radius 2 is 1.84 bits per heavy atom. The molecule has 1 fully saturated rings.